The number of amides is 2. The Morgan fingerprint density at radius 1 is 1.67 bits per heavy atom. The highest BCUT2D eigenvalue weighted by atomic mass is 32.2. The van der Waals surface area contributed by atoms with Crippen LogP contribution in [0.25, 0.3) is 0 Å². The van der Waals surface area contributed by atoms with Crippen molar-refractivity contribution in [2.24, 2.45) is 5.92 Å². The van der Waals surface area contributed by atoms with Gasteiger partial charge >= 0.3 is 6.03 Å². The van der Waals surface area contributed by atoms with Crippen LogP contribution in [0.15, 0.2) is 0 Å². The molecule has 15 heavy (non-hydrogen) atoms. The first-order valence-electron chi connectivity index (χ1n) is 5.21. The summed E-state index contributed by atoms with van der Waals surface area (Å²) in [5.41, 5.74) is 0. The van der Waals surface area contributed by atoms with E-state index in [0.717, 1.165) is 26.2 Å². The number of methoxy groups -OCH3 is 1. The minimum atomic E-state index is 0.0586. The van der Waals surface area contributed by atoms with Crippen molar-refractivity contribution in [3.63, 3.8) is 0 Å². The van der Waals surface area contributed by atoms with Crippen LogP contribution in [0.1, 0.15) is 6.92 Å². The average Bonchev–Trinajstić information content (AvgIpc) is 2.18. The molecule has 0 aliphatic carbocycles. The SMILES string of the molecule is COCC1CN(C(=O)NCC(C)SC)C1. The van der Waals surface area contributed by atoms with Gasteiger partial charge in [0.25, 0.3) is 0 Å². The molecule has 1 N–H and O–H groups in total. The van der Waals surface area contributed by atoms with Crippen molar-refractivity contribution in [2.45, 2.75) is 12.2 Å². The maximum Gasteiger partial charge on any atom is 0.317 e. The van der Waals surface area contributed by atoms with Gasteiger partial charge in [0.15, 0.2) is 0 Å². The summed E-state index contributed by atoms with van der Waals surface area (Å²) in [5, 5.41) is 3.40. The van der Waals surface area contributed by atoms with Gasteiger partial charge in [-0.15, -0.1) is 0 Å². The zero-order chi connectivity index (χ0) is 11.3. The molecule has 88 valence electrons. The molecule has 1 aliphatic heterocycles. The topological polar surface area (TPSA) is 41.6 Å². The molecular formula is C10H20N2O2S. The zero-order valence-electron chi connectivity index (χ0n) is 9.66. The predicted molar refractivity (Wildman–Crippen MR) is 63.3 cm³/mol. The Morgan fingerprint density at radius 2 is 2.33 bits per heavy atom. The molecule has 0 saturated carbocycles. The number of urea groups is 1. The molecule has 0 aromatic rings. The lowest BCUT2D eigenvalue weighted by atomic mass is 10.0. The van der Waals surface area contributed by atoms with Gasteiger partial charge < -0.3 is 15.0 Å². The normalized spacial score (nSPS) is 18.5. The van der Waals surface area contributed by atoms with Crippen molar-refractivity contribution in [1.29, 1.82) is 0 Å². The number of hydrogen-bond donors (Lipinski definition) is 1. The molecule has 1 fully saturated rings. The maximum atomic E-state index is 11.6. The van der Waals surface area contributed by atoms with Gasteiger partial charge in [0.05, 0.1) is 6.61 Å². The van der Waals surface area contributed by atoms with E-state index in [0.29, 0.717) is 11.2 Å². The van der Waals surface area contributed by atoms with Crippen molar-refractivity contribution in [3.05, 3.63) is 0 Å². The van der Waals surface area contributed by atoms with Gasteiger partial charge in [-0.2, -0.15) is 11.8 Å². The minimum absolute atomic E-state index is 0.0586. The van der Waals surface area contributed by atoms with Crippen LogP contribution in [0.3, 0.4) is 0 Å². The zero-order valence-corrected chi connectivity index (χ0v) is 10.5. The Labute approximate surface area is 95.7 Å². The summed E-state index contributed by atoms with van der Waals surface area (Å²) in [7, 11) is 1.70. The molecule has 1 heterocycles. The third-order valence-electron chi connectivity index (χ3n) is 2.59. The fourth-order valence-corrected chi connectivity index (χ4v) is 1.75. The highest BCUT2D eigenvalue weighted by molar-refractivity contribution is 7.99. The molecule has 0 aromatic carbocycles. The number of nitrogens with zero attached hydrogens (tertiary/aromatic N) is 1. The summed E-state index contributed by atoms with van der Waals surface area (Å²) >= 11 is 1.76. The lowest BCUT2D eigenvalue weighted by Crippen LogP contribution is -2.55. The molecule has 1 unspecified atom stereocenters. The van der Waals surface area contributed by atoms with Crippen LogP contribution in [0.4, 0.5) is 4.79 Å². The number of rotatable bonds is 5. The Bertz CT molecular complexity index is 208. The lowest BCUT2D eigenvalue weighted by Gasteiger charge is -2.38. The summed E-state index contributed by atoms with van der Waals surface area (Å²) in [6, 6.07) is 0.0586. The van der Waals surface area contributed by atoms with Gasteiger partial charge in [0, 0.05) is 37.9 Å². The molecule has 0 radical (unpaired) electrons. The van der Waals surface area contributed by atoms with Gasteiger partial charge in [-0.25, -0.2) is 4.79 Å². The quantitative estimate of drug-likeness (QED) is 0.769. The Hall–Kier alpha value is -0.420. The van der Waals surface area contributed by atoms with Crippen molar-refractivity contribution >= 4 is 17.8 Å². The van der Waals surface area contributed by atoms with Crippen LogP contribution in [0.2, 0.25) is 0 Å². The first-order valence-corrected chi connectivity index (χ1v) is 6.50. The Balaban J connectivity index is 2.10. The lowest BCUT2D eigenvalue weighted by molar-refractivity contribution is 0.0556. The van der Waals surface area contributed by atoms with Crippen molar-refractivity contribution < 1.29 is 9.53 Å². The number of hydrogen-bond acceptors (Lipinski definition) is 3. The van der Waals surface area contributed by atoms with Crippen LogP contribution in [0, 0.1) is 5.92 Å². The summed E-state index contributed by atoms with van der Waals surface area (Å²) in [4.78, 5) is 13.4. The largest absolute Gasteiger partial charge is 0.384 e. The number of carbonyl (C=O) groups excluding carboxylic acids is 1. The molecule has 1 aliphatic rings. The number of carbonyl (C=O) groups is 1. The van der Waals surface area contributed by atoms with Gasteiger partial charge in [0.1, 0.15) is 0 Å². The second-order valence-electron chi connectivity index (χ2n) is 3.96. The molecular weight excluding hydrogens is 212 g/mol. The molecule has 4 nitrogen and oxygen atoms in total. The van der Waals surface area contributed by atoms with E-state index in [1.807, 2.05) is 4.90 Å². The first kappa shape index (κ1) is 12.6. The molecule has 5 heteroatoms. The van der Waals surface area contributed by atoms with Crippen LogP contribution in [-0.2, 0) is 4.74 Å². The molecule has 1 atom stereocenters. The van der Waals surface area contributed by atoms with E-state index in [1.54, 1.807) is 18.9 Å². The van der Waals surface area contributed by atoms with E-state index in [9.17, 15) is 4.79 Å². The monoisotopic (exact) mass is 232 g/mol. The number of ether oxygens (including phenoxy) is 1. The minimum Gasteiger partial charge on any atom is -0.384 e. The summed E-state index contributed by atoms with van der Waals surface area (Å²) < 4.78 is 5.03. The molecule has 1 saturated heterocycles. The first-order chi connectivity index (χ1) is 7.17. The highest BCUT2D eigenvalue weighted by Gasteiger charge is 2.30. The standard InChI is InChI=1S/C10H20N2O2S/c1-8(15-3)4-11-10(13)12-5-9(6-12)7-14-2/h8-9H,4-7H2,1-3H3,(H,11,13). The van der Waals surface area contributed by atoms with Crippen LogP contribution >= 0.6 is 11.8 Å². The van der Waals surface area contributed by atoms with Gasteiger partial charge in [0.2, 0.25) is 0 Å². The second kappa shape index (κ2) is 6.23. The van der Waals surface area contributed by atoms with Crippen molar-refractivity contribution in [1.82, 2.24) is 10.2 Å². The average molecular weight is 232 g/mol. The fraction of sp³-hybridized carbons (Fsp3) is 0.900. The van der Waals surface area contributed by atoms with Crippen LogP contribution < -0.4 is 5.32 Å². The summed E-state index contributed by atoms with van der Waals surface area (Å²) in [6.45, 7) is 5.26. The third-order valence-corrected chi connectivity index (χ3v) is 3.56. The molecule has 2 amide bonds. The van der Waals surface area contributed by atoms with Crippen LogP contribution in [0.5, 0.6) is 0 Å². The van der Waals surface area contributed by atoms with Gasteiger partial charge in [-0.05, 0) is 6.26 Å². The smallest absolute Gasteiger partial charge is 0.317 e. The van der Waals surface area contributed by atoms with Crippen molar-refractivity contribution in [3.8, 4) is 0 Å². The van der Waals surface area contributed by atoms with Crippen LogP contribution in [-0.4, -0.2) is 55.8 Å². The molecule has 1 rings (SSSR count). The number of nitrogens with one attached hydrogen (secondary N) is 1. The van der Waals surface area contributed by atoms with Crippen molar-refractivity contribution in [2.75, 3.05) is 39.6 Å². The second-order valence-corrected chi connectivity index (χ2v) is 5.23. The summed E-state index contributed by atoms with van der Waals surface area (Å²) in [6.07, 6.45) is 2.05. The number of thioether (sulfide) groups is 1. The summed E-state index contributed by atoms with van der Waals surface area (Å²) in [5.74, 6) is 0.527. The van der Waals surface area contributed by atoms with E-state index in [4.69, 9.17) is 4.74 Å². The predicted octanol–water partition coefficient (Wildman–Crippen LogP) is 1.03. The molecule has 0 aromatic heterocycles. The van der Waals surface area contributed by atoms with E-state index >= 15 is 0 Å². The fourth-order valence-electron chi connectivity index (χ4n) is 1.50. The Morgan fingerprint density at radius 3 is 2.87 bits per heavy atom. The van der Waals surface area contributed by atoms with E-state index < -0.39 is 0 Å². The van der Waals surface area contributed by atoms with E-state index in [-0.39, 0.29) is 6.03 Å². The number of likely N-dealkylation sites (tertiary alicyclic amines) is 1. The highest BCUT2D eigenvalue weighted by Crippen LogP contribution is 2.15. The van der Waals surface area contributed by atoms with E-state index in [2.05, 4.69) is 18.5 Å². The molecule has 0 bridgehead atoms. The Kier molecular flexibility index (Phi) is 5.25. The van der Waals surface area contributed by atoms with Gasteiger partial charge in [-0.1, -0.05) is 6.92 Å². The molecule has 0 spiro atoms. The van der Waals surface area contributed by atoms with Gasteiger partial charge in [-0.3, -0.25) is 0 Å². The third kappa shape index (κ3) is 3.91. The maximum absolute atomic E-state index is 11.6. The van der Waals surface area contributed by atoms with E-state index in [1.165, 1.54) is 0 Å².